The molecule has 0 unspecified atom stereocenters. The van der Waals surface area contributed by atoms with E-state index in [1.54, 1.807) is 12.4 Å². The molecule has 0 N–H and O–H groups in total. The molecule has 0 bridgehead atoms. The minimum absolute atomic E-state index is 0. The summed E-state index contributed by atoms with van der Waals surface area (Å²) in [5.74, 6) is 1.85. The summed E-state index contributed by atoms with van der Waals surface area (Å²) >= 11 is 0. The van der Waals surface area contributed by atoms with E-state index in [2.05, 4.69) is 204 Å². The average Bonchev–Trinajstić information content (AvgIpc) is 3.76. The first-order valence-corrected chi connectivity index (χ1v) is 20.3. The number of hydrogen-bond donors (Lipinski definition) is 0. The van der Waals surface area contributed by atoms with E-state index in [1.165, 1.54) is 16.7 Å². The molecule has 0 saturated carbocycles. The van der Waals surface area contributed by atoms with Gasteiger partial charge in [-0.3, -0.25) is 4.57 Å². The smallest absolute Gasteiger partial charge is 0.268 e. The van der Waals surface area contributed by atoms with Crippen LogP contribution in [-0.4, -0.2) is 19.1 Å². The molecule has 9 rings (SSSR count). The molecular formula is C53H49N5OPt-2. The van der Waals surface area contributed by atoms with Gasteiger partial charge < -0.3 is 18.9 Å². The molecule has 0 fully saturated rings. The molecule has 7 heteroatoms. The molecule has 0 aliphatic rings. The second-order valence-electron chi connectivity index (χ2n) is 18.6. The summed E-state index contributed by atoms with van der Waals surface area (Å²) in [6.07, 6.45) is 9.08. The number of ether oxygens (including phenoxy) is 1. The van der Waals surface area contributed by atoms with Gasteiger partial charge in [0.25, 0.3) is 6.33 Å². The number of aromatic nitrogens is 5. The van der Waals surface area contributed by atoms with E-state index in [0.717, 1.165) is 55.5 Å². The van der Waals surface area contributed by atoms with Gasteiger partial charge in [0.2, 0.25) is 0 Å². The van der Waals surface area contributed by atoms with E-state index < -0.39 is 0 Å². The van der Waals surface area contributed by atoms with Gasteiger partial charge in [0.15, 0.2) is 0 Å². The van der Waals surface area contributed by atoms with Crippen LogP contribution in [0.1, 0.15) is 79.0 Å². The number of imidazole rings is 1. The Kier molecular flexibility index (Phi) is 10.4. The largest absolute Gasteiger partial charge is 0.508 e. The van der Waals surface area contributed by atoms with E-state index in [0.29, 0.717) is 17.2 Å². The molecule has 0 radical (unpaired) electrons. The van der Waals surface area contributed by atoms with Crippen LogP contribution in [0.15, 0.2) is 134 Å². The first kappa shape index (κ1) is 40.9. The van der Waals surface area contributed by atoms with E-state index in [1.807, 2.05) is 16.8 Å². The molecular weight excluding hydrogens is 918 g/mol. The van der Waals surface area contributed by atoms with Crippen molar-refractivity contribution in [3.8, 4) is 39.8 Å². The third-order valence-corrected chi connectivity index (χ3v) is 11.2. The summed E-state index contributed by atoms with van der Waals surface area (Å²) in [5, 5.41) is 2.20. The first-order chi connectivity index (χ1) is 28.1. The SMILES string of the molecule is CC(C)(C)c1cc(-[n+]2[c-]n(-c3[c-]c(Oc4[c-]c5c(c(-c6ccccc6)c4)c4ccccc4n5-c4cc(C(C)(C)C)ccn4)cnc3)c3ccccc32)cc(C(C)(C)C)c1.[Pt]. The zero-order valence-corrected chi connectivity index (χ0v) is 37.9. The van der Waals surface area contributed by atoms with Crippen LogP contribution in [-0.2, 0) is 37.3 Å². The quantitative estimate of drug-likeness (QED) is 0.123. The van der Waals surface area contributed by atoms with E-state index >= 15 is 0 Å². The normalized spacial score (nSPS) is 12.3. The fourth-order valence-corrected chi connectivity index (χ4v) is 7.82. The summed E-state index contributed by atoms with van der Waals surface area (Å²) in [4.78, 5) is 9.60. The standard InChI is InChI=1S/C53H49N5O.Pt/c1-51(2,3)36-23-24-55-49(28-36)58-45-20-14-13-19-43(45)50-44(35-17-11-10-12-18-35)30-41(31-48(50)58)59-42-29-40(32-54-33-42)57-34-56(46-21-15-16-22-47(46)57)39-26-37(52(4,5)6)25-38(27-39)53(7,8)9;/h10-28,30,32-33H,1-9H3;/q-2;. The Morgan fingerprint density at radius 2 is 1.27 bits per heavy atom. The van der Waals surface area contributed by atoms with Crippen LogP contribution in [0.25, 0.3) is 61.2 Å². The van der Waals surface area contributed by atoms with E-state index in [-0.39, 0.29) is 37.3 Å². The second kappa shape index (κ2) is 15.3. The predicted molar refractivity (Wildman–Crippen MR) is 239 cm³/mol. The zero-order chi connectivity index (χ0) is 41.3. The van der Waals surface area contributed by atoms with Crippen LogP contribution in [0.2, 0.25) is 0 Å². The minimum Gasteiger partial charge on any atom is -0.508 e. The monoisotopic (exact) mass is 966 g/mol. The van der Waals surface area contributed by atoms with Crippen molar-refractivity contribution >= 4 is 32.8 Å². The van der Waals surface area contributed by atoms with Crippen molar-refractivity contribution in [2.24, 2.45) is 0 Å². The minimum atomic E-state index is -0.0505. The number of hydrogen-bond acceptors (Lipinski definition) is 3. The Bertz CT molecular complexity index is 3000. The Balaban J connectivity index is 0.00000499. The third kappa shape index (κ3) is 7.58. The summed E-state index contributed by atoms with van der Waals surface area (Å²) in [5.41, 5.74) is 11.5. The third-order valence-electron chi connectivity index (χ3n) is 11.2. The molecule has 9 aromatic rings. The van der Waals surface area contributed by atoms with Crippen molar-refractivity contribution in [2.45, 2.75) is 78.6 Å². The van der Waals surface area contributed by atoms with Crippen molar-refractivity contribution in [1.29, 1.82) is 0 Å². The number of fused-ring (bicyclic) bond motifs is 4. The molecule has 304 valence electrons. The van der Waals surface area contributed by atoms with Crippen LogP contribution < -0.4 is 9.30 Å². The van der Waals surface area contributed by atoms with Gasteiger partial charge in [-0.1, -0.05) is 158 Å². The summed E-state index contributed by atoms with van der Waals surface area (Å²) in [6, 6.07) is 47.8. The van der Waals surface area contributed by atoms with Crippen molar-refractivity contribution in [3.63, 3.8) is 0 Å². The molecule has 4 heterocycles. The molecule has 0 saturated heterocycles. The zero-order valence-electron chi connectivity index (χ0n) is 35.7. The van der Waals surface area contributed by atoms with Gasteiger partial charge in [-0.15, -0.1) is 23.8 Å². The molecule has 4 aromatic heterocycles. The molecule has 0 aliphatic carbocycles. The van der Waals surface area contributed by atoms with Gasteiger partial charge in [0, 0.05) is 44.3 Å². The van der Waals surface area contributed by atoms with Crippen molar-refractivity contribution < 1.29 is 30.4 Å². The molecule has 0 aliphatic heterocycles. The summed E-state index contributed by atoms with van der Waals surface area (Å²) in [7, 11) is 0. The molecule has 5 aromatic carbocycles. The average molecular weight is 967 g/mol. The fourth-order valence-electron chi connectivity index (χ4n) is 7.82. The number of rotatable bonds is 6. The molecule has 60 heavy (non-hydrogen) atoms. The Morgan fingerprint density at radius 3 is 1.97 bits per heavy atom. The van der Waals surface area contributed by atoms with Crippen LogP contribution in [0.5, 0.6) is 11.5 Å². The van der Waals surface area contributed by atoms with Gasteiger partial charge in [0.05, 0.1) is 16.7 Å². The maximum Gasteiger partial charge on any atom is 0.268 e. The van der Waals surface area contributed by atoms with Crippen molar-refractivity contribution in [2.75, 3.05) is 0 Å². The van der Waals surface area contributed by atoms with Crippen molar-refractivity contribution in [1.82, 2.24) is 19.1 Å². The molecule has 0 amide bonds. The van der Waals surface area contributed by atoms with Gasteiger partial charge in [-0.05, 0) is 86.1 Å². The Labute approximate surface area is 367 Å². The van der Waals surface area contributed by atoms with Crippen LogP contribution in [0, 0.1) is 18.5 Å². The summed E-state index contributed by atoms with van der Waals surface area (Å²) in [6.45, 7) is 20.3. The van der Waals surface area contributed by atoms with Gasteiger partial charge in [0.1, 0.15) is 5.82 Å². The topological polar surface area (TPSA) is 48.8 Å². The number of pyridine rings is 2. The van der Waals surface area contributed by atoms with Gasteiger partial charge in [-0.2, -0.15) is 0 Å². The Morgan fingerprint density at radius 1 is 0.617 bits per heavy atom. The predicted octanol–water partition coefficient (Wildman–Crippen LogP) is 12.5. The van der Waals surface area contributed by atoms with Crippen LogP contribution >= 0.6 is 0 Å². The van der Waals surface area contributed by atoms with E-state index in [9.17, 15) is 0 Å². The van der Waals surface area contributed by atoms with Crippen LogP contribution in [0.4, 0.5) is 0 Å². The van der Waals surface area contributed by atoms with Gasteiger partial charge >= 0.3 is 0 Å². The van der Waals surface area contributed by atoms with Crippen molar-refractivity contribution in [3.05, 3.63) is 169 Å². The number of benzene rings is 5. The second-order valence-corrected chi connectivity index (χ2v) is 18.6. The van der Waals surface area contributed by atoms with Gasteiger partial charge in [-0.25, -0.2) is 4.98 Å². The van der Waals surface area contributed by atoms with E-state index in [4.69, 9.17) is 9.72 Å². The Hall–Kier alpha value is -5.84. The van der Waals surface area contributed by atoms with Crippen LogP contribution in [0.3, 0.4) is 0 Å². The number of para-hydroxylation sites is 3. The molecule has 6 nitrogen and oxygen atoms in total. The first-order valence-electron chi connectivity index (χ1n) is 20.3. The molecule has 0 atom stereocenters. The maximum atomic E-state index is 6.74. The molecule has 0 spiro atoms. The maximum absolute atomic E-state index is 6.74. The fraction of sp³-hybridized carbons (Fsp3) is 0.226. The summed E-state index contributed by atoms with van der Waals surface area (Å²) < 4.78 is 13.1. The number of nitrogens with zero attached hydrogens (tertiary/aromatic N) is 5.